The molecule has 0 aliphatic heterocycles. The molecule has 106 valence electrons. The molecule has 9 heteroatoms. The van der Waals surface area contributed by atoms with Crippen LogP contribution < -0.4 is 0 Å². The molecule has 2 aromatic rings. The number of aryl methyl sites for hydroxylation is 1. The summed E-state index contributed by atoms with van der Waals surface area (Å²) in [4.78, 5) is 14.0. The maximum absolute atomic E-state index is 12.6. The van der Waals surface area contributed by atoms with Gasteiger partial charge in [0.25, 0.3) is 0 Å². The minimum absolute atomic E-state index is 0.175. The van der Waals surface area contributed by atoms with Crippen molar-refractivity contribution in [2.75, 3.05) is 0 Å². The fraction of sp³-hybridized carbons (Fsp3) is 0.182. The van der Waals surface area contributed by atoms with Crippen molar-refractivity contribution in [3.63, 3.8) is 0 Å². The van der Waals surface area contributed by atoms with Crippen molar-refractivity contribution in [2.24, 2.45) is 7.05 Å². The number of halogens is 3. The van der Waals surface area contributed by atoms with E-state index in [2.05, 4.69) is 4.98 Å². The van der Waals surface area contributed by atoms with Gasteiger partial charge in [-0.05, 0) is 28.1 Å². The molecule has 0 radical (unpaired) electrons. The number of rotatable bonds is 3. The number of alkyl halides is 3. The van der Waals surface area contributed by atoms with Crippen molar-refractivity contribution in [3.05, 3.63) is 46.3 Å². The maximum atomic E-state index is 12.6. The number of nitro groups is 1. The van der Waals surface area contributed by atoms with Gasteiger partial charge in [-0.25, -0.2) is 0 Å². The number of imidazole rings is 1. The van der Waals surface area contributed by atoms with Crippen molar-refractivity contribution >= 4 is 17.6 Å². The third-order valence-corrected chi connectivity index (χ3v) is 3.57. The van der Waals surface area contributed by atoms with Crippen molar-refractivity contribution in [2.45, 2.75) is 16.1 Å². The Hall–Kier alpha value is -2.03. The fourth-order valence-electron chi connectivity index (χ4n) is 1.50. The van der Waals surface area contributed by atoms with Gasteiger partial charge in [-0.15, -0.1) is 0 Å². The zero-order chi connectivity index (χ0) is 14.9. The summed E-state index contributed by atoms with van der Waals surface area (Å²) in [6.07, 6.45) is -3.21. The van der Waals surface area contributed by atoms with Crippen LogP contribution in [0.2, 0.25) is 0 Å². The lowest BCUT2D eigenvalue weighted by Gasteiger charge is -2.08. The van der Waals surface area contributed by atoms with Crippen molar-refractivity contribution in [1.29, 1.82) is 0 Å². The first-order valence-corrected chi connectivity index (χ1v) is 6.11. The van der Waals surface area contributed by atoms with Crippen LogP contribution in [0.25, 0.3) is 0 Å². The highest BCUT2D eigenvalue weighted by Crippen LogP contribution is 2.36. The molecule has 1 aromatic heterocycles. The van der Waals surface area contributed by atoms with Crippen molar-refractivity contribution < 1.29 is 18.1 Å². The molecular weight excluding hydrogens is 295 g/mol. The lowest BCUT2D eigenvalue weighted by Crippen LogP contribution is -2.04. The van der Waals surface area contributed by atoms with Gasteiger partial charge in [0.1, 0.15) is 0 Å². The molecule has 1 heterocycles. The van der Waals surface area contributed by atoms with Crippen LogP contribution >= 0.6 is 11.8 Å². The highest BCUT2D eigenvalue weighted by atomic mass is 32.2. The van der Waals surface area contributed by atoms with E-state index in [1.165, 1.54) is 30.1 Å². The first-order valence-electron chi connectivity index (χ1n) is 5.30. The molecule has 0 N–H and O–H groups in total. The predicted octanol–water partition coefficient (Wildman–Crippen LogP) is 3.50. The molecule has 0 saturated carbocycles. The molecular formula is C11H8F3N3O2S. The summed E-state index contributed by atoms with van der Waals surface area (Å²) in [7, 11) is 1.54. The monoisotopic (exact) mass is 303 g/mol. The Morgan fingerprint density at radius 1 is 1.40 bits per heavy atom. The first kappa shape index (κ1) is 14.4. The van der Waals surface area contributed by atoms with E-state index in [1.54, 1.807) is 0 Å². The van der Waals surface area contributed by atoms with Crippen LogP contribution in [-0.4, -0.2) is 14.5 Å². The zero-order valence-corrected chi connectivity index (χ0v) is 10.9. The molecule has 0 bridgehead atoms. The first-order chi connectivity index (χ1) is 9.29. The molecule has 5 nitrogen and oxygen atoms in total. The van der Waals surface area contributed by atoms with Crippen molar-refractivity contribution in [1.82, 2.24) is 9.55 Å². The number of hydrogen-bond acceptors (Lipinski definition) is 4. The number of nitrogens with zero attached hydrogens (tertiary/aromatic N) is 3. The Bertz CT molecular complexity index is 655. The largest absolute Gasteiger partial charge is 0.416 e. The molecule has 2 rings (SSSR count). The molecule has 0 unspecified atom stereocenters. The highest BCUT2D eigenvalue weighted by molar-refractivity contribution is 7.99. The molecule has 1 aromatic carbocycles. The average Bonchev–Trinajstić information content (AvgIpc) is 2.70. The third kappa shape index (κ3) is 2.93. The number of aromatic nitrogens is 2. The fourth-order valence-corrected chi connectivity index (χ4v) is 2.46. The minimum atomic E-state index is -4.45. The van der Waals surface area contributed by atoms with Gasteiger partial charge in [0, 0.05) is 11.9 Å². The summed E-state index contributed by atoms with van der Waals surface area (Å²) in [5.74, 6) is -0.380. The second kappa shape index (κ2) is 5.16. The summed E-state index contributed by atoms with van der Waals surface area (Å²) >= 11 is 0.865. The van der Waals surface area contributed by atoms with E-state index in [9.17, 15) is 23.3 Å². The molecule has 0 aliphatic rings. The van der Waals surface area contributed by atoms with Crippen LogP contribution in [0, 0.1) is 10.1 Å². The van der Waals surface area contributed by atoms with Gasteiger partial charge >= 0.3 is 12.0 Å². The van der Waals surface area contributed by atoms with Gasteiger partial charge in [-0.1, -0.05) is 17.8 Å². The summed E-state index contributed by atoms with van der Waals surface area (Å²) in [5.41, 5.74) is -0.799. The Balaban J connectivity index is 2.36. The maximum Gasteiger partial charge on any atom is 0.416 e. The van der Waals surface area contributed by atoms with Crippen LogP contribution in [0.15, 0.2) is 40.5 Å². The zero-order valence-electron chi connectivity index (χ0n) is 10.1. The molecule has 0 atom stereocenters. The summed E-state index contributed by atoms with van der Waals surface area (Å²) in [5, 5.41) is 11.0. The van der Waals surface area contributed by atoms with E-state index in [0.29, 0.717) is 0 Å². The topological polar surface area (TPSA) is 61.0 Å². The van der Waals surface area contributed by atoms with E-state index in [4.69, 9.17) is 0 Å². The van der Waals surface area contributed by atoms with E-state index in [1.807, 2.05) is 0 Å². The lowest BCUT2D eigenvalue weighted by atomic mass is 10.2. The Labute approximate surface area is 115 Å². The minimum Gasteiger partial charge on any atom is -0.358 e. The van der Waals surface area contributed by atoms with Gasteiger partial charge < -0.3 is 14.7 Å². The predicted molar refractivity (Wildman–Crippen MR) is 65.4 cm³/mol. The second-order valence-electron chi connectivity index (χ2n) is 3.87. The summed E-state index contributed by atoms with van der Waals surface area (Å²) in [6, 6.07) is 4.60. The normalized spacial score (nSPS) is 11.6. The molecule has 0 spiro atoms. The molecule has 0 amide bonds. The van der Waals surface area contributed by atoms with Crippen molar-refractivity contribution in [3.8, 4) is 0 Å². The SMILES string of the molecule is Cn1cnc([N+](=O)[O-])c1Sc1cccc(C(F)(F)F)c1. The quantitative estimate of drug-likeness (QED) is 0.643. The van der Waals surface area contributed by atoms with Crippen LogP contribution in [-0.2, 0) is 13.2 Å². The second-order valence-corrected chi connectivity index (χ2v) is 4.93. The van der Waals surface area contributed by atoms with Gasteiger partial charge in [0.15, 0.2) is 5.03 Å². The highest BCUT2D eigenvalue weighted by Gasteiger charge is 2.31. The van der Waals surface area contributed by atoms with Crippen LogP contribution in [0.1, 0.15) is 5.56 Å². The molecule has 0 aliphatic carbocycles. The van der Waals surface area contributed by atoms with E-state index < -0.39 is 16.7 Å². The van der Waals surface area contributed by atoms with Gasteiger partial charge in [-0.3, -0.25) is 0 Å². The van der Waals surface area contributed by atoms with Gasteiger partial charge in [0.05, 0.1) is 5.56 Å². The standard InChI is InChI=1S/C11H8F3N3O2S/c1-16-6-15-9(17(18)19)10(16)20-8-4-2-3-7(5-8)11(12,13)14/h2-6H,1H3. The number of hydrogen-bond donors (Lipinski definition) is 0. The summed E-state index contributed by atoms with van der Waals surface area (Å²) in [6.45, 7) is 0. The van der Waals surface area contributed by atoms with E-state index in [-0.39, 0.29) is 15.7 Å². The Morgan fingerprint density at radius 3 is 2.70 bits per heavy atom. The Kier molecular flexibility index (Phi) is 3.71. The Morgan fingerprint density at radius 2 is 2.10 bits per heavy atom. The number of benzene rings is 1. The third-order valence-electron chi connectivity index (χ3n) is 2.41. The molecule has 20 heavy (non-hydrogen) atoms. The van der Waals surface area contributed by atoms with E-state index in [0.717, 1.165) is 23.9 Å². The van der Waals surface area contributed by atoms with Gasteiger partial charge in [0.2, 0.25) is 6.33 Å². The lowest BCUT2D eigenvalue weighted by molar-refractivity contribution is -0.392. The molecule has 0 saturated heterocycles. The van der Waals surface area contributed by atoms with Crippen LogP contribution in [0.4, 0.5) is 19.0 Å². The van der Waals surface area contributed by atoms with Crippen LogP contribution in [0.3, 0.4) is 0 Å². The summed E-state index contributed by atoms with van der Waals surface area (Å²) < 4.78 is 39.2. The van der Waals surface area contributed by atoms with E-state index >= 15 is 0 Å². The van der Waals surface area contributed by atoms with Crippen LogP contribution in [0.5, 0.6) is 0 Å². The van der Waals surface area contributed by atoms with Gasteiger partial charge in [-0.2, -0.15) is 13.2 Å². The average molecular weight is 303 g/mol. The molecule has 0 fully saturated rings. The smallest absolute Gasteiger partial charge is 0.358 e.